The van der Waals surface area contributed by atoms with Crippen molar-refractivity contribution in [3.63, 3.8) is 0 Å². The summed E-state index contributed by atoms with van der Waals surface area (Å²) in [5.41, 5.74) is 1.81. The van der Waals surface area contributed by atoms with E-state index in [1.54, 1.807) is 12.1 Å². The number of methoxy groups -OCH3 is 1. The highest BCUT2D eigenvalue weighted by molar-refractivity contribution is 5.55. The van der Waals surface area contributed by atoms with Crippen molar-refractivity contribution in [2.24, 2.45) is 0 Å². The molecule has 0 saturated heterocycles. The average Bonchev–Trinajstić information content (AvgIpc) is 2.93. The van der Waals surface area contributed by atoms with Gasteiger partial charge in [-0.25, -0.2) is 0 Å². The van der Waals surface area contributed by atoms with Crippen molar-refractivity contribution < 1.29 is 18.3 Å². The molecule has 2 rings (SSSR count). The number of aromatic nitrogens is 1. The first-order valence-electron chi connectivity index (χ1n) is 6.63. The Hall–Kier alpha value is -2.24. The van der Waals surface area contributed by atoms with Gasteiger partial charge in [0.25, 0.3) is 0 Å². The lowest BCUT2D eigenvalue weighted by atomic mass is 10.2. The molecule has 1 heterocycles. The number of ether oxygens (including phenoxy) is 2. The molecule has 0 spiro atoms. The van der Waals surface area contributed by atoms with Crippen molar-refractivity contribution in [3.05, 3.63) is 42.2 Å². The number of alkyl halides is 2. The molecule has 0 aliphatic carbocycles. The second kappa shape index (κ2) is 6.97. The second-order valence-corrected chi connectivity index (χ2v) is 4.45. The van der Waals surface area contributed by atoms with Gasteiger partial charge >= 0.3 is 6.61 Å². The van der Waals surface area contributed by atoms with Gasteiger partial charge in [-0.1, -0.05) is 0 Å². The maximum atomic E-state index is 12.4. The van der Waals surface area contributed by atoms with E-state index in [9.17, 15) is 8.78 Å². The predicted molar refractivity (Wildman–Crippen MR) is 77.1 cm³/mol. The average molecular weight is 296 g/mol. The van der Waals surface area contributed by atoms with Gasteiger partial charge in [0.05, 0.1) is 7.11 Å². The molecule has 1 aromatic carbocycles. The van der Waals surface area contributed by atoms with Crippen LogP contribution in [0, 0.1) is 0 Å². The lowest BCUT2D eigenvalue weighted by Crippen LogP contribution is -2.05. The molecule has 0 saturated carbocycles. The third-order valence-electron chi connectivity index (χ3n) is 3.05. The molecule has 0 bridgehead atoms. The van der Waals surface area contributed by atoms with Gasteiger partial charge in [0.15, 0.2) is 11.5 Å². The van der Waals surface area contributed by atoms with Crippen LogP contribution in [-0.4, -0.2) is 18.3 Å². The van der Waals surface area contributed by atoms with Crippen molar-refractivity contribution in [2.45, 2.75) is 26.6 Å². The van der Waals surface area contributed by atoms with Crippen molar-refractivity contribution in [1.82, 2.24) is 4.57 Å². The molecule has 4 nitrogen and oxygen atoms in total. The van der Waals surface area contributed by atoms with Crippen molar-refractivity contribution >= 4 is 5.69 Å². The van der Waals surface area contributed by atoms with Crippen LogP contribution in [0.2, 0.25) is 0 Å². The number of hydrogen-bond acceptors (Lipinski definition) is 3. The van der Waals surface area contributed by atoms with Gasteiger partial charge in [-0.3, -0.25) is 0 Å². The summed E-state index contributed by atoms with van der Waals surface area (Å²) in [6.07, 6.45) is 4.03. The fourth-order valence-corrected chi connectivity index (χ4v) is 1.97. The van der Waals surface area contributed by atoms with E-state index in [0.717, 1.165) is 12.1 Å². The number of benzene rings is 1. The Morgan fingerprint density at radius 3 is 2.67 bits per heavy atom. The molecule has 6 heteroatoms. The minimum absolute atomic E-state index is 0.0172. The minimum Gasteiger partial charge on any atom is -0.493 e. The number of anilines is 1. The van der Waals surface area contributed by atoms with Crippen LogP contribution in [0.4, 0.5) is 14.5 Å². The van der Waals surface area contributed by atoms with E-state index >= 15 is 0 Å². The highest BCUT2D eigenvalue weighted by Crippen LogP contribution is 2.31. The first kappa shape index (κ1) is 15.2. The highest BCUT2D eigenvalue weighted by Gasteiger charge is 2.11. The number of nitrogens with zero attached hydrogens (tertiary/aromatic N) is 1. The monoisotopic (exact) mass is 296 g/mol. The number of hydrogen-bond donors (Lipinski definition) is 1. The zero-order valence-electron chi connectivity index (χ0n) is 12.0. The van der Waals surface area contributed by atoms with Crippen LogP contribution in [0.25, 0.3) is 0 Å². The topological polar surface area (TPSA) is 35.4 Å². The van der Waals surface area contributed by atoms with Gasteiger partial charge in [0.2, 0.25) is 0 Å². The molecule has 21 heavy (non-hydrogen) atoms. The van der Waals surface area contributed by atoms with E-state index in [-0.39, 0.29) is 11.5 Å². The van der Waals surface area contributed by atoms with E-state index in [0.29, 0.717) is 12.2 Å². The molecule has 114 valence electrons. The maximum absolute atomic E-state index is 12.4. The zero-order valence-corrected chi connectivity index (χ0v) is 12.0. The number of rotatable bonds is 7. The molecular weight excluding hydrogens is 278 g/mol. The molecule has 1 N–H and O–H groups in total. The number of halogens is 2. The van der Waals surface area contributed by atoms with Gasteiger partial charge in [0.1, 0.15) is 0 Å². The smallest absolute Gasteiger partial charge is 0.387 e. The Balaban J connectivity index is 2.05. The minimum atomic E-state index is -2.88. The quantitative estimate of drug-likeness (QED) is 0.845. The Labute approximate surface area is 122 Å². The van der Waals surface area contributed by atoms with Crippen LogP contribution < -0.4 is 14.8 Å². The molecule has 0 radical (unpaired) electrons. The maximum Gasteiger partial charge on any atom is 0.387 e. The second-order valence-electron chi connectivity index (χ2n) is 4.45. The number of nitrogens with one attached hydrogen (secondary N) is 1. The lowest BCUT2D eigenvalue weighted by molar-refractivity contribution is -0.0511. The van der Waals surface area contributed by atoms with Crippen molar-refractivity contribution in [2.75, 3.05) is 12.4 Å². The van der Waals surface area contributed by atoms with Gasteiger partial charge in [0, 0.05) is 37.2 Å². The highest BCUT2D eigenvalue weighted by atomic mass is 19.3. The van der Waals surface area contributed by atoms with Crippen LogP contribution in [0.1, 0.15) is 12.5 Å². The zero-order chi connectivity index (χ0) is 15.2. The molecule has 0 fully saturated rings. The summed E-state index contributed by atoms with van der Waals surface area (Å²) >= 11 is 0. The molecule has 1 aromatic heterocycles. The first-order valence-corrected chi connectivity index (χ1v) is 6.63. The fourth-order valence-electron chi connectivity index (χ4n) is 1.97. The summed E-state index contributed by atoms with van der Waals surface area (Å²) < 4.78 is 36.2. The lowest BCUT2D eigenvalue weighted by Gasteiger charge is -2.12. The van der Waals surface area contributed by atoms with E-state index in [4.69, 9.17) is 4.74 Å². The standard InChI is InChI=1S/C15H18F2N2O2/c1-3-19-7-6-11(10-19)9-18-12-4-5-13(20-2)14(8-12)21-15(16)17/h4-8,10,15,18H,3,9H2,1-2H3. The van der Waals surface area contributed by atoms with Crippen molar-refractivity contribution in [3.8, 4) is 11.5 Å². The summed E-state index contributed by atoms with van der Waals surface area (Å²) in [5, 5.41) is 3.17. The Bertz CT molecular complexity index is 585. The Morgan fingerprint density at radius 2 is 2.05 bits per heavy atom. The van der Waals surface area contributed by atoms with Crippen LogP contribution in [-0.2, 0) is 13.1 Å². The molecule has 0 atom stereocenters. The van der Waals surface area contributed by atoms with E-state index in [1.165, 1.54) is 13.2 Å². The Kier molecular flexibility index (Phi) is 5.03. The SMILES string of the molecule is CCn1ccc(CNc2ccc(OC)c(OC(F)F)c2)c1. The normalized spacial score (nSPS) is 10.7. The summed E-state index contributed by atoms with van der Waals surface area (Å²) in [4.78, 5) is 0. The predicted octanol–water partition coefficient (Wildman–Crippen LogP) is 3.73. The molecular formula is C15H18F2N2O2. The summed E-state index contributed by atoms with van der Waals surface area (Å²) in [6.45, 7) is 0.699. The van der Waals surface area contributed by atoms with Crippen LogP contribution in [0.3, 0.4) is 0 Å². The molecule has 0 aliphatic heterocycles. The fraction of sp³-hybridized carbons (Fsp3) is 0.333. The third-order valence-corrected chi connectivity index (χ3v) is 3.05. The van der Waals surface area contributed by atoms with Crippen LogP contribution in [0.15, 0.2) is 36.7 Å². The first-order chi connectivity index (χ1) is 10.1. The molecule has 0 unspecified atom stereocenters. The Morgan fingerprint density at radius 1 is 1.24 bits per heavy atom. The molecule has 0 amide bonds. The van der Waals surface area contributed by atoms with E-state index < -0.39 is 6.61 Å². The largest absolute Gasteiger partial charge is 0.493 e. The van der Waals surface area contributed by atoms with Gasteiger partial charge < -0.3 is 19.4 Å². The summed E-state index contributed by atoms with van der Waals surface area (Å²) in [5.74, 6) is 0.293. The van der Waals surface area contributed by atoms with Crippen LogP contribution in [0.5, 0.6) is 11.5 Å². The van der Waals surface area contributed by atoms with Gasteiger partial charge in [-0.15, -0.1) is 0 Å². The number of aryl methyl sites for hydroxylation is 1. The van der Waals surface area contributed by atoms with Gasteiger partial charge in [-0.05, 0) is 30.7 Å². The van der Waals surface area contributed by atoms with E-state index in [2.05, 4.69) is 21.5 Å². The van der Waals surface area contributed by atoms with Crippen molar-refractivity contribution in [1.29, 1.82) is 0 Å². The van der Waals surface area contributed by atoms with Gasteiger partial charge in [-0.2, -0.15) is 8.78 Å². The third kappa shape index (κ3) is 4.11. The van der Waals surface area contributed by atoms with Crippen LogP contribution >= 0.6 is 0 Å². The summed E-state index contributed by atoms with van der Waals surface area (Å²) in [6, 6.07) is 6.86. The summed E-state index contributed by atoms with van der Waals surface area (Å²) in [7, 11) is 1.41. The molecule has 2 aromatic rings. The van der Waals surface area contributed by atoms with E-state index in [1.807, 2.05) is 18.5 Å². The molecule has 0 aliphatic rings.